The van der Waals surface area contributed by atoms with Gasteiger partial charge in [0.2, 0.25) is 0 Å². The number of ether oxygens (including phenoxy) is 2. The smallest absolute Gasteiger partial charge is 0.165 e. The molecule has 1 aliphatic rings. The van der Waals surface area contributed by atoms with Crippen molar-refractivity contribution in [3.63, 3.8) is 0 Å². The highest BCUT2D eigenvalue weighted by molar-refractivity contribution is 5.37. The van der Waals surface area contributed by atoms with Gasteiger partial charge in [0.15, 0.2) is 11.6 Å². The van der Waals surface area contributed by atoms with Gasteiger partial charge in [0.05, 0.1) is 31.3 Å². The third-order valence-corrected chi connectivity index (χ3v) is 3.57. The lowest BCUT2D eigenvalue weighted by atomic mass is 9.67. The van der Waals surface area contributed by atoms with Crippen LogP contribution in [0.15, 0.2) is 18.2 Å². The Morgan fingerprint density at radius 3 is 2.41 bits per heavy atom. The van der Waals surface area contributed by atoms with Crippen molar-refractivity contribution in [1.29, 1.82) is 0 Å². The van der Waals surface area contributed by atoms with Crippen molar-refractivity contribution < 1.29 is 19.0 Å². The molecule has 1 saturated heterocycles. The number of rotatable bonds is 3. The first-order valence-corrected chi connectivity index (χ1v) is 5.55. The van der Waals surface area contributed by atoms with Crippen LogP contribution < -0.4 is 4.74 Å². The van der Waals surface area contributed by atoms with Gasteiger partial charge in [-0.1, -0.05) is 6.07 Å². The molecule has 0 spiro atoms. The molecule has 0 aliphatic carbocycles. The fourth-order valence-electron chi connectivity index (χ4n) is 2.14. The summed E-state index contributed by atoms with van der Waals surface area (Å²) >= 11 is 0. The molecule has 0 unspecified atom stereocenters. The quantitative estimate of drug-likeness (QED) is 0.876. The first-order chi connectivity index (χ1) is 7.90. The fraction of sp³-hybridized carbons (Fsp3) is 0.538. The van der Waals surface area contributed by atoms with Crippen molar-refractivity contribution in [2.24, 2.45) is 0 Å². The van der Waals surface area contributed by atoms with Crippen LogP contribution in [0.2, 0.25) is 0 Å². The van der Waals surface area contributed by atoms with E-state index in [0.717, 1.165) is 5.56 Å². The normalized spacial score (nSPS) is 18.6. The molecule has 2 rings (SSSR count). The third-order valence-electron chi connectivity index (χ3n) is 3.57. The summed E-state index contributed by atoms with van der Waals surface area (Å²) in [6, 6.07) is 4.78. The highest BCUT2D eigenvalue weighted by Gasteiger charge is 2.51. The lowest BCUT2D eigenvalue weighted by molar-refractivity contribution is -0.157. The van der Waals surface area contributed by atoms with Crippen molar-refractivity contribution in [3.05, 3.63) is 29.6 Å². The number of hydrogen-bond donors (Lipinski definition) is 1. The van der Waals surface area contributed by atoms with Crippen LogP contribution >= 0.6 is 0 Å². The Kier molecular flexibility index (Phi) is 2.87. The van der Waals surface area contributed by atoms with Crippen LogP contribution in [0.4, 0.5) is 4.39 Å². The van der Waals surface area contributed by atoms with Crippen molar-refractivity contribution in [2.75, 3.05) is 20.3 Å². The van der Waals surface area contributed by atoms with Gasteiger partial charge in [-0.2, -0.15) is 0 Å². The van der Waals surface area contributed by atoms with Gasteiger partial charge in [0.1, 0.15) is 0 Å². The van der Waals surface area contributed by atoms with E-state index in [0.29, 0.717) is 13.2 Å². The summed E-state index contributed by atoms with van der Waals surface area (Å²) in [5, 5.41) is 10.2. The molecule has 1 aromatic rings. The second-order valence-corrected chi connectivity index (χ2v) is 4.98. The molecule has 17 heavy (non-hydrogen) atoms. The molecule has 1 heterocycles. The molecule has 0 amide bonds. The predicted molar refractivity (Wildman–Crippen MR) is 61.7 cm³/mol. The Balaban J connectivity index is 2.42. The van der Waals surface area contributed by atoms with Crippen molar-refractivity contribution in [3.8, 4) is 5.75 Å². The van der Waals surface area contributed by atoms with Crippen LogP contribution in [-0.2, 0) is 10.2 Å². The standard InChI is InChI=1S/C13H17FO3/c1-12(2,15)13(7-17-8-13)9-4-5-11(16-3)10(14)6-9/h4-6,15H,7-8H2,1-3H3. The van der Waals surface area contributed by atoms with Gasteiger partial charge in [-0.15, -0.1) is 0 Å². The summed E-state index contributed by atoms with van der Waals surface area (Å²) in [7, 11) is 1.43. The van der Waals surface area contributed by atoms with Crippen molar-refractivity contribution in [1.82, 2.24) is 0 Å². The molecule has 1 fully saturated rings. The Bertz CT molecular complexity index is 419. The molecule has 4 heteroatoms. The first kappa shape index (κ1) is 12.3. The zero-order chi connectivity index (χ0) is 12.7. The van der Waals surface area contributed by atoms with Gasteiger partial charge < -0.3 is 14.6 Å². The van der Waals surface area contributed by atoms with Gasteiger partial charge in [-0.05, 0) is 31.5 Å². The minimum Gasteiger partial charge on any atom is -0.494 e. The van der Waals surface area contributed by atoms with E-state index in [4.69, 9.17) is 9.47 Å². The Hall–Kier alpha value is -1.13. The van der Waals surface area contributed by atoms with E-state index in [1.54, 1.807) is 26.0 Å². The summed E-state index contributed by atoms with van der Waals surface area (Å²) in [6.45, 7) is 4.25. The number of benzene rings is 1. The van der Waals surface area contributed by atoms with Crippen LogP contribution in [0.5, 0.6) is 5.75 Å². The van der Waals surface area contributed by atoms with Gasteiger partial charge in [0, 0.05) is 0 Å². The van der Waals surface area contributed by atoms with E-state index in [1.807, 2.05) is 0 Å². The molecule has 0 aromatic heterocycles. The summed E-state index contributed by atoms with van der Waals surface area (Å²) in [5.41, 5.74) is -0.735. The lowest BCUT2D eigenvalue weighted by Gasteiger charge is -2.50. The molecule has 0 radical (unpaired) electrons. The average Bonchev–Trinajstić information content (AvgIpc) is 2.13. The van der Waals surface area contributed by atoms with Crippen LogP contribution in [0, 0.1) is 5.82 Å². The van der Waals surface area contributed by atoms with Gasteiger partial charge >= 0.3 is 0 Å². The average molecular weight is 240 g/mol. The second-order valence-electron chi connectivity index (χ2n) is 4.98. The molecule has 3 nitrogen and oxygen atoms in total. The number of aliphatic hydroxyl groups is 1. The summed E-state index contributed by atoms with van der Waals surface area (Å²) in [5.74, 6) is -0.208. The van der Waals surface area contributed by atoms with E-state index >= 15 is 0 Å². The van der Waals surface area contributed by atoms with Gasteiger partial charge in [-0.25, -0.2) is 4.39 Å². The van der Waals surface area contributed by atoms with E-state index in [9.17, 15) is 9.50 Å². The minimum atomic E-state index is -0.952. The number of methoxy groups -OCH3 is 1. The Morgan fingerprint density at radius 1 is 1.41 bits per heavy atom. The number of halogens is 1. The highest BCUT2D eigenvalue weighted by atomic mass is 19.1. The summed E-state index contributed by atoms with van der Waals surface area (Å²) < 4.78 is 23.8. The van der Waals surface area contributed by atoms with Crippen LogP contribution in [-0.4, -0.2) is 31.0 Å². The maximum absolute atomic E-state index is 13.7. The van der Waals surface area contributed by atoms with E-state index in [2.05, 4.69) is 0 Å². The lowest BCUT2D eigenvalue weighted by Crippen LogP contribution is -2.60. The van der Waals surface area contributed by atoms with Crippen molar-refractivity contribution in [2.45, 2.75) is 24.9 Å². The number of hydrogen-bond acceptors (Lipinski definition) is 3. The molecule has 0 atom stereocenters. The maximum atomic E-state index is 13.7. The van der Waals surface area contributed by atoms with Crippen LogP contribution in [0.25, 0.3) is 0 Å². The fourth-order valence-corrected chi connectivity index (χ4v) is 2.14. The topological polar surface area (TPSA) is 38.7 Å². The zero-order valence-corrected chi connectivity index (χ0v) is 10.3. The Morgan fingerprint density at radius 2 is 2.06 bits per heavy atom. The summed E-state index contributed by atoms with van der Waals surface area (Å²) in [6.07, 6.45) is 0. The van der Waals surface area contributed by atoms with Gasteiger partial charge in [-0.3, -0.25) is 0 Å². The highest BCUT2D eigenvalue weighted by Crippen LogP contribution is 2.42. The molecular weight excluding hydrogens is 223 g/mol. The predicted octanol–water partition coefficient (Wildman–Crippen LogP) is 1.87. The van der Waals surface area contributed by atoms with Crippen LogP contribution in [0.3, 0.4) is 0 Å². The third kappa shape index (κ3) is 1.81. The van der Waals surface area contributed by atoms with E-state index < -0.39 is 16.8 Å². The zero-order valence-electron chi connectivity index (χ0n) is 10.3. The minimum absolute atomic E-state index is 0.208. The van der Waals surface area contributed by atoms with Gasteiger partial charge in [0.25, 0.3) is 0 Å². The largest absolute Gasteiger partial charge is 0.494 e. The molecular formula is C13H17FO3. The SMILES string of the molecule is COc1ccc(C2(C(C)(C)O)COC2)cc1F. The maximum Gasteiger partial charge on any atom is 0.165 e. The monoisotopic (exact) mass is 240 g/mol. The summed E-state index contributed by atoms with van der Waals surface area (Å²) in [4.78, 5) is 0. The Labute approximate surface area is 100 Å². The molecule has 0 bridgehead atoms. The first-order valence-electron chi connectivity index (χ1n) is 5.55. The molecule has 1 aromatic carbocycles. The van der Waals surface area contributed by atoms with E-state index in [-0.39, 0.29) is 5.75 Å². The second kappa shape index (κ2) is 3.96. The molecule has 1 N–H and O–H groups in total. The molecule has 0 saturated carbocycles. The molecule has 1 aliphatic heterocycles. The molecule has 94 valence electrons. The van der Waals surface area contributed by atoms with Crippen molar-refractivity contribution >= 4 is 0 Å². The van der Waals surface area contributed by atoms with E-state index in [1.165, 1.54) is 13.2 Å². The van der Waals surface area contributed by atoms with Crippen LogP contribution in [0.1, 0.15) is 19.4 Å².